The van der Waals surface area contributed by atoms with Gasteiger partial charge in [0.2, 0.25) is 15.9 Å². The summed E-state index contributed by atoms with van der Waals surface area (Å²) in [6.07, 6.45) is 0. The van der Waals surface area contributed by atoms with Crippen LogP contribution in [0.3, 0.4) is 0 Å². The number of carbonyl (C=O) groups excluding carboxylic acids is 3. The fourth-order valence-corrected chi connectivity index (χ4v) is 5.45. The summed E-state index contributed by atoms with van der Waals surface area (Å²) in [7, 11) is -2.06. The molecule has 0 radical (unpaired) electrons. The molecule has 188 valence electrons. The second-order valence-corrected chi connectivity index (χ2v) is 9.95. The van der Waals surface area contributed by atoms with Crippen molar-refractivity contribution in [2.24, 2.45) is 0 Å². The molecule has 3 amide bonds. The normalized spacial score (nSPS) is 16.5. The Hall–Kier alpha value is -2.99. The van der Waals surface area contributed by atoms with E-state index in [0.717, 1.165) is 4.90 Å². The van der Waals surface area contributed by atoms with Gasteiger partial charge in [-0.15, -0.1) is 12.4 Å². The van der Waals surface area contributed by atoms with Crippen molar-refractivity contribution in [3.05, 3.63) is 59.7 Å². The van der Waals surface area contributed by atoms with E-state index >= 15 is 0 Å². The van der Waals surface area contributed by atoms with E-state index in [-0.39, 0.29) is 23.8 Å². The number of carbonyl (C=O) groups is 3. The molecular weight excluding hydrogens is 496 g/mol. The Morgan fingerprint density at radius 1 is 0.943 bits per heavy atom. The highest BCUT2D eigenvalue weighted by Gasteiger charge is 2.36. The summed E-state index contributed by atoms with van der Waals surface area (Å²) in [6.45, 7) is 2.28. The van der Waals surface area contributed by atoms with Crippen LogP contribution >= 0.6 is 12.4 Å². The molecule has 2 aliphatic rings. The zero-order valence-corrected chi connectivity index (χ0v) is 20.8. The van der Waals surface area contributed by atoms with E-state index in [0.29, 0.717) is 56.1 Å². The zero-order valence-electron chi connectivity index (χ0n) is 19.2. The Balaban J connectivity index is 0.00000342. The maximum atomic E-state index is 12.8. The summed E-state index contributed by atoms with van der Waals surface area (Å²) in [5.41, 5.74) is 0.616. The molecule has 0 aliphatic carbocycles. The molecule has 0 spiro atoms. The summed E-state index contributed by atoms with van der Waals surface area (Å²) in [5, 5.41) is 2.73. The van der Waals surface area contributed by atoms with Crippen molar-refractivity contribution >= 4 is 40.2 Å². The van der Waals surface area contributed by atoms with Gasteiger partial charge in [0.25, 0.3) is 11.8 Å². The first-order valence-corrected chi connectivity index (χ1v) is 12.3. The van der Waals surface area contributed by atoms with Crippen molar-refractivity contribution in [1.29, 1.82) is 0 Å². The van der Waals surface area contributed by atoms with Crippen LogP contribution < -0.4 is 10.1 Å². The van der Waals surface area contributed by atoms with Crippen LogP contribution in [-0.2, 0) is 14.8 Å². The van der Waals surface area contributed by atoms with Gasteiger partial charge in [-0.1, -0.05) is 12.1 Å². The molecule has 4 rings (SSSR count). The number of hydrogen-bond acceptors (Lipinski definition) is 7. The molecule has 2 aromatic carbocycles. The van der Waals surface area contributed by atoms with Gasteiger partial charge in [-0.3, -0.25) is 24.2 Å². The maximum absolute atomic E-state index is 12.8. The van der Waals surface area contributed by atoms with E-state index in [9.17, 15) is 22.8 Å². The number of benzene rings is 2. The van der Waals surface area contributed by atoms with E-state index in [4.69, 9.17) is 4.74 Å². The molecule has 0 saturated carbocycles. The van der Waals surface area contributed by atoms with Crippen LogP contribution in [-0.4, -0.2) is 93.2 Å². The van der Waals surface area contributed by atoms with Crippen molar-refractivity contribution in [2.45, 2.75) is 4.90 Å². The number of nitrogens with zero attached hydrogens (tertiary/aromatic N) is 3. The number of piperazine rings is 1. The topological polar surface area (TPSA) is 116 Å². The van der Waals surface area contributed by atoms with Gasteiger partial charge < -0.3 is 10.1 Å². The van der Waals surface area contributed by atoms with Gasteiger partial charge in [-0.2, -0.15) is 4.31 Å². The minimum absolute atomic E-state index is 0. The Kier molecular flexibility index (Phi) is 8.49. The minimum Gasteiger partial charge on any atom is -0.497 e. The lowest BCUT2D eigenvalue weighted by Crippen LogP contribution is -2.50. The molecule has 1 N–H and O–H groups in total. The first-order chi connectivity index (χ1) is 16.3. The molecule has 1 fully saturated rings. The van der Waals surface area contributed by atoms with Gasteiger partial charge in [-0.05, 0) is 36.4 Å². The van der Waals surface area contributed by atoms with Gasteiger partial charge in [0.15, 0.2) is 0 Å². The van der Waals surface area contributed by atoms with Crippen molar-refractivity contribution in [2.75, 3.05) is 52.9 Å². The molecule has 2 aromatic rings. The smallest absolute Gasteiger partial charge is 0.262 e. The lowest BCUT2D eigenvalue weighted by Gasteiger charge is -2.34. The Bertz CT molecular complexity index is 1160. The molecule has 35 heavy (non-hydrogen) atoms. The van der Waals surface area contributed by atoms with E-state index in [2.05, 4.69) is 10.2 Å². The van der Waals surface area contributed by atoms with Crippen molar-refractivity contribution in [1.82, 2.24) is 19.4 Å². The summed E-state index contributed by atoms with van der Waals surface area (Å²) < 4.78 is 32.2. The van der Waals surface area contributed by atoms with Crippen LogP contribution in [0, 0.1) is 0 Å². The quantitative estimate of drug-likeness (QED) is 0.510. The highest BCUT2D eigenvalue weighted by molar-refractivity contribution is 7.89. The van der Waals surface area contributed by atoms with Gasteiger partial charge >= 0.3 is 0 Å². The number of methoxy groups -OCH3 is 1. The van der Waals surface area contributed by atoms with Gasteiger partial charge in [-0.25, -0.2) is 8.42 Å². The second-order valence-electron chi connectivity index (χ2n) is 8.01. The third-order valence-electron chi connectivity index (χ3n) is 5.96. The van der Waals surface area contributed by atoms with Crippen LogP contribution in [0.1, 0.15) is 20.7 Å². The number of imide groups is 1. The van der Waals surface area contributed by atoms with Crippen LogP contribution in [0.15, 0.2) is 53.4 Å². The number of ether oxygens (including phenoxy) is 1. The minimum atomic E-state index is -3.58. The Labute approximate surface area is 210 Å². The highest BCUT2D eigenvalue weighted by atomic mass is 35.5. The van der Waals surface area contributed by atoms with Crippen molar-refractivity contribution in [3.63, 3.8) is 0 Å². The van der Waals surface area contributed by atoms with E-state index in [1.807, 2.05) is 0 Å². The second kappa shape index (κ2) is 11.2. The van der Waals surface area contributed by atoms with Gasteiger partial charge in [0.1, 0.15) is 12.3 Å². The van der Waals surface area contributed by atoms with Crippen molar-refractivity contribution in [3.8, 4) is 5.75 Å². The third-order valence-corrected chi connectivity index (χ3v) is 7.87. The molecule has 0 bridgehead atoms. The number of halogens is 1. The molecule has 1 saturated heterocycles. The number of amides is 3. The number of nitrogens with one attached hydrogen (secondary N) is 1. The largest absolute Gasteiger partial charge is 0.497 e. The predicted octanol–water partition coefficient (Wildman–Crippen LogP) is 0.836. The van der Waals surface area contributed by atoms with Crippen LogP contribution in [0.2, 0.25) is 0 Å². The maximum Gasteiger partial charge on any atom is 0.262 e. The van der Waals surface area contributed by atoms with Crippen LogP contribution in [0.4, 0.5) is 0 Å². The predicted molar refractivity (Wildman–Crippen MR) is 130 cm³/mol. The van der Waals surface area contributed by atoms with E-state index < -0.39 is 27.7 Å². The lowest BCUT2D eigenvalue weighted by molar-refractivity contribution is -0.121. The molecule has 0 atom stereocenters. The van der Waals surface area contributed by atoms with Crippen LogP contribution in [0.25, 0.3) is 0 Å². The summed E-state index contributed by atoms with van der Waals surface area (Å²) in [6, 6.07) is 12.8. The lowest BCUT2D eigenvalue weighted by atomic mass is 10.1. The summed E-state index contributed by atoms with van der Waals surface area (Å²) in [5.74, 6) is -0.765. The van der Waals surface area contributed by atoms with Gasteiger partial charge in [0.05, 0.1) is 23.1 Å². The molecule has 12 heteroatoms. The molecule has 2 aliphatic heterocycles. The molecular formula is C23H27ClN4O6S. The number of fused-ring (bicyclic) bond motifs is 1. The first-order valence-electron chi connectivity index (χ1n) is 10.9. The average Bonchev–Trinajstić information content (AvgIpc) is 3.09. The highest BCUT2D eigenvalue weighted by Crippen LogP contribution is 2.22. The fourth-order valence-electron chi connectivity index (χ4n) is 4.03. The van der Waals surface area contributed by atoms with Gasteiger partial charge in [0, 0.05) is 39.3 Å². The SMILES string of the molecule is COc1ccc(S(=O)(=O)N2CCN(CCNC(=O)CN3C(=O)c4ccccc4C3=O)CC2)cc1.Cl. The zero-order chi connectivity index (χ0) is 24.3. The van der Waals surface area contributed by atoms with E-state index in [1.54, 1.807) is 36.4 Å². The summed E-state index contributed by atoms with van der Waals surface area (Å²) >= 11 is 0. The molecule has 2 heterocycles. The fraction of sp³-hybridized carbons (Fsp3) is 0.348. The first kappa shape index (κ1) is 26.6. The monoisotopic (exact) mass is 522 g/mol. The average molecular weight is 523 g/mol. The molecule has 10 nitrogen and oxygen atoms in total. The summed E-state index contributed by atoms with van der Waals surface area (Å²) in [4.78, 5) is 40.3. The molecule has 0 aromatic heterocycles. The Morgan fingerprint density at radius 3 is 2.06 bits per heavy atom. The van der Waals surface area contributed by atoms with Crippen LogP contribution in [0.5, 0.6) is 5.75 Å². The number of sulfonamides is 1. The van der Waals surface area contributed by atoms with Crippen molar-refractivity contribution < 1.29 is 27.5 Å². The Morgan fingerprint density at radius 2 is 1.51 bits per heavy atom. The number of rotatable bonds is 8. The van der Waals surface area contributed by atoms with E-state index in [1.165, 1.54) is 23.5 Å². The molecule has 0 unspecified atom stereocenters. The number of hydrogen-bond donors (Lipinski definition) is 1. The third kappa shape index (κ3) is 5.64. The standard InChI is InChI=1S/C23H26N4O6S.ClH/c1-33-17-6-8-18(9-7-17)34(31,32)26-14-12-25(13-15-26)11-10-24-21(28)16-27-22(29)19-4-2-3-5-20(19)23(27)30;/h2-9H,10-16H2,1H3,(H,24,28);1H.